The summed E-state index contributed by atoms with van der Waals surface area (Å²) in [6.45, 7) is 4.95. The SMILES string of the molecule is CC12CC(O)C3C(CCC4CCCCC43C)C1CCC2CCCC(=O)O. The molecule has 2 N–H and O–H groups in total. The van der Waals surface area contributed by atoms with Crippen LogP contribution in [-0.2, 0) is 4.79 Å². The number of carboxylic acids is 1. The van der Waals surface area contributed by atoms with Crippen LogP contribution in [0.15, 0.2) is 0 Å². The van der Waals surface area contributed by atoms with Crippen molar-refractivity contribution in [3.8, 4) is 0 Å². The van der Waals surface area contributed by atoms with Gasteiger partial charge in [-0.3, -0.25) is 4.79 Å². The smallest absolute Gasteiger partial charge is 0.303 e. The van der Waals surface area contributed by atoms with Gasteiger partial charge in [-0.1, -0.05) is 26.7 Å². The van der Waals surface area contributed by atoms with Crippen LogP contribution in [0.4, 0.5) is 0 Å². The molecule has 0 radical (unpaired) electrons. The van der Waals surface area contributed by atoms with Crippen molar-refractivity contribution in [3.63, 3.8) is 0 Å². The maximum atomic E-state index is 11.4. The molecule has 0 aromatic heterocycles. The molecule has 0 amide bonds. The Morgan fingerprint density at radius 2 is 1.85 bits per heavy atom. The lowest BCUT2D eigenvalue weighted by molar-refractivity contribution is -0.169. The molecular weight excluding hydrogens is 324 g/mol. The largest absolute Gasteiger partial charge is 0.481 e. The lowest BCUT2D eigenvalue weighted by Crippen LogP contribution is -2.58. The number of rotatable bonds is 4. The van der Waals surface area contributed by atoms with E-state index in [2.05, 4.69) is 13.8 Å². The zero-order valence-electron chi connectivity index (χ0n) is 16.8. The zero-order valence-corrected chi connectivity index (χ0v) is 16.8. The van der Waals surface area contributed by atoms with E-state index in [1.54, 1.807) is 0 Å². The van der Waals surface area contributed by atoms with Crippen molar-refractivity contribution in [2.75, 3.05) is 0 Å². The Labute approximate surface area is 158 Å². The van der Waals surface area contributed by atoms with Gasteiger partial charge in [0.25, 0.3) is 0 Å². The van der Waals surface area contributed by atoms with Gasteiger partial charge < -0.3 is 10.2 Å². The minimum Gasteiger partial charge on any atom is -0.481 e. The highest BCUT2D eigenvalue weighted by Crippen LogP contribution is 2.67. The summed E-state index contributed by atoms with van der Waals surface area (Å²) in [4.78, 5) is 10.9. The van der Waals surface area contributed by atoms with Crippen LogP contribution in [0.2, 0.25) is 0 Å². The first-order valence-corrected chi connectivity index (χ1v) is 11.3. The molecule has 148 valence electrons. The van der Waals surface area contributed by atoms with E-state index in [-0.39, 0.29) is 11.5 Å². The number of carboxylic acid groups (broad SMARTS) is 1. The molecule has 0 aliphatic heterocycles. The van der Waals surface area contributed by atoms with Gasteiger partial charge in [-0.15, -0.1) is 0 Å². The number of aliphatic hydroxyl groups excluding tert-OH is 1. The van der Waals surface area contributed by atoms with E-state index in [0.29, 0.717) is 29.6 Å². The molecule has 0 bridgehead atoms. The number of aliphatic carboxylic acids is 1. The second-order valence-electron chi connectivity index (χ2n) is 10.7. The summed E-state index contributed by atoms with van der Waals surface area (Å²) >= 11 is 0. The predicted molar refractivity (Wildman–Crippen MR) is 103 cm³/mol. The zero-order chi connectivity index (χ0) is 18.5. The van der Waals surface area contributed by atoms with Gasteiger partial charge in [0.1, 0.15) is 0 Å². The van der Waals surface area contributed by atoms with Crippen molar-refractivity contribution in [2.45, 2.75) is 97.0 Å². The Balaban J connectivity index is 1.54. The lowest BCUT2D eigenvalue weighted by atomic mass is 9.44. The molecule has 4 aliphatic rings. The molecule has 4 fully saturated rings. The molecule has 4 rings (SSSR count). The summed E-state index contributed by atoms with van der Waals surface area (Å²) in [5, 5.41) is 20.3. The van der Waals surface area contributed by atoms with Crippen LogP contribution < -0.4 is 0 Å². The molecule has 26 heavy (non-hydrogen) atoms. The molecule has 8 unspecified atom stereocenters. The fourth-order valence-electron chi connectivity index (χ4n) is 8.50. The van der Waals surface area contributed by atoms with Crippen LogP contribution >= 0.6 is 0 Å². The Kier molecular flexibility index (Phi) is 4.91. The van der Waals surface area contributed by atoms with Crippen molar-refractivity contribution in [1.82, 2.24) is 0 Å². The van der Waals surface area contributed by atoms with Crippen LogP contribution in [-0.4, -0.2) is 22.3 Å². The van der Waals surface area contributed by atoms with E-state index in [1.165, 1.54) is 51.4 Å². The predicted octanol–water partition coefficient (Wildman–Crippen LogP) is 5.26. The van der Waals surface area contributed by atoms with Gasteiger partial charge in [-0.05, 0) is 98.2 Å². The summed E-state index contributed by atoms with van der Waals surface area (Å²) in [6.07, 6.45) is 13.6. The second-order valence-corrected chi connectivity index (χ2v) is 10.7. The Bertz CT molecular complexity index is 546. The van der Waals surface area contributed by atoms with E-state index < -0.39 is 5.97 Å². The summed E-state index contributed by atoms with van der Waals surface area (Å²) < 4.78 is 0. The van der Waals surface area contributed by atoms with Crippen LogP contribution in [0.5, 0.6) is 0 Å². The highest BCUT2D eigenvalue weighted by Gasteiger charge is 2.62. The molecule has 3 heteroatoms. The topological polar surface area (TPSA) is 57.5 Å². The molecule has 3 nitrogen and oxygen atoms in total. The fraction of sp³-hybridized carbons (Fsp3) is 0.957. The van der Waals surface area contributed by atoms with Crippen LogP contribution in [0.25, 0.3) is 0 Å². The van der Waals surface area contributed by atoms with Crippen molar-refractivity contribution in [1.29, 1.82) is 0 Å². The second kappa shape index (κ2) is 6.79. The van der Waals surface area contributed by atoms with E-state index in [1.807, 2.05) is 0 Å². The monoisotopic (exact) mass is 362 g/mol. The molecule has 0 aromatic carbocycles. The number of fused-ring (bicyclic) bond motifs is 5. The third-order valence-corrected chi connectivity index (χ3v) is 9.65. The first kappa shape index (κ1) is 18.8. The summed E-state index contributed by atoms with van der Waals surface area (Å²) in [7, 11) is 0. The van der Waals surface area contributed by atoms with E-state index in [9.17, 15) is 9.90 Å². The number of aliphatic hydroxyl groups is 1. The van der Waals surface area contributed by atoms with Gasteiger partial charge in [-0.25, -0.2) is 0 Å². The first-order valence-electron chi connectivity index (χ1n) is 11.3. The fourth-order valence-corrected chi connectivity index (χ4v) is 8.50. The minimum atomic E-state index is -0.669. The van der Waals surface area contributed by atoms with Gasteiger partial charge in [-0.2, -0.15) is 0 Å². The maximum absolute atomic E-state index is 11.4. The molecule has 0 aromatic rings. The van der Waals surface area contributed by atoms with Gasteiger partial charge >= 0.3 is 5.97 Å². The first-order chi connectivity index (χ1) is 12.4. The molecular formula is C23H38O3. The van der Waals surface area contributed by atoms with Gasteiger partial charge in [0.05, 0.1) is 6.10 Å². The quantitative estimate of drug-likeness (QED) is 0.717. The Morgan fingerprint density at radius 3 is 2.62 bits per heavy atom. The number of carbonyl (C=O) groups is 1. The van der Waals surface area contributed by atoms with E-state index in [0.717, 1.165) is 31.1 Å². The van der Waals surface area contributed by atoms with Crippen molar-refractivity contribution < 1.29 is 15.0 Å². The maximum Gasteiger partial charge on any atom is 0.303 e. The molecule has 8 atom stereocenters. The highest BCUT2D eigenvalue weighted by molar-refractivity contribution is 5.66. The van der Waals surface area contributed by atoms with Gasteiger partial charge in [0.2, 0.25) is 0 Å². The molecule has 4 saturated carbocycles. The van der Waals surface area contributed by atoms with E-state index >= 15 is 0 Å². The summed E-state index contributed by atoms with van der Waals surface area (Å²) in [5.74, 6) is 2.75. The average Bonchev–Trinajstić information content (AvgIpc) is 2.90. The summed E-state index contributed by atoms with van der Waals surface area (Å²) in [6, 6.07) is 0. The third kappa shape index (κ3) is 2.84. The van der Waals surface area contributed by atoms with Gasteiger partial charge in [0.15, 0.2) is 0 Å². The van der Waals surface area contributed by atoms with Crippen LogP contribution in [0.3, 0.4) is 0 Å². The van der Waals surface area contributed by atoms with E-state index in [4.69, 9.17) is 5.11 Å². The minimum absolute atomic E-state index is 0.146. The van der Waals surface area contributed by atoms with Gasteiger partial charge in [0, 0.05) is 6.42 Å². The number of hydrogen-bond acceptors (Lipinski definition) is 2. The van der Waals surface area contributed by atoms with Crippen LogP contribution in [0, 0.1) is 40.4 Å². The normalized spacial score (nSPS) is 50.6. The van der Waals surface area contributed by atoms with Crippen molar-refractivity contribution in [3.05, 3.63) is 0 Å². The Hall–Kier alpha value is -0.570. The van der Waals surface area contributed by atoms with Crippen molar-refractivity contribution >= 4 is 5.97 Å². The molecule has 4 aliphatic carbocycles. The Morgan fingerprint density at radius 1 is 1.04 bits per heavy atom. The molecule has 0 heterocycles. The molecule has 0 saturated heterocycles. The average molecular weight is 363 g/mol. The highest BCUT2D eigenvalue weighted by atomic mass is 16.4. The summed E-state index contributed by atoms with van der Waals surface area (Å²) in [5.41, 5.74) is 0.597. The third-order valence-electron chi connectivity index (χ3n) is 9.65. The van der Waals surface area contributed by atoms with Crippen LogP contribution in [0.1, 0.15) is 90.9 Å². The standard InChI is InChI=1S/C23H38O3/c1-22-13-4-3-6-15(22)9-11-17-18-12-10-16(7-5-8-20(25)26)23(18,2)14-19(24)21(17)22/h15-19,21,24H,3-14H2,1-2H3,(H,25,26). The number of hydrogen-bond donors (Lipinski definition) is 2. The lowest BCUT2D eigenvalue weighted by Gasteiger charge is -2.62. The van der Waals surface area contributed by atoms with Crippen molar-refractivity contribution in [2.24, 2.45) is 40.4 Å². The molecule has 0 spiro atoms.